The third-order valence-corrected chi connectivity index (χ3v) is 5.27. The molecule has 1 saturated heterocycles. The van der Waals surface area contributed by atoms with Crippen molar-refractivity contribution < 1.29 is 0 Å². The van der Waals surface area contributed by atoms with Gasteiger partial charge >= 0.3 is 0 Å². The number of aromatic amines is 1. The number of hydrogen-bond donors (Lipinski definition) is 3. The second-order valence-electron chi connectivity index (χ2n) is 7.69. The zero-order valence-corrected chi connectivity index (χ0v) is 19.2. The van der Waals surface area contributed by atoms with Gasteiger partial charge in [-0.05, 0) is 69.4 Å². The Hall–Kier alpha value is -2.76. The van der Waals surface area contributed by atoms with E-state index in [2.05, 4.69) is 65.1 Å². The van der Waals surface area contributed by atoms with Gasteiger partial charge in [-0.15, -0.1) is 6.58 Å². The Balaban J connectivity index is 0.000000323. The summed E-state index contributed by atoms with van der Waals surface area (Å²) in [6.45, 7) is 17.6. The van der Waals surface area contributed by atoms with Gasteiger partial charge in [0.1, 0.15) is 0 Å². The van der Waals surface area contributed by atoms with Crippen LogP contribution in [0.25, 0.3) is 10.9 Å². The molecule has 3 rings (SSSR count). The lowest BCUT2D eigenvalue weighted by atomic mass is 10.1. The van der Waals surface area contributed by atoms with Crippen molar-refractivity contribution in [2.75, 3.05) is 20.1 Å². The monoisotopic (exact) mass is 439 g/mol. The van der Waals surface area contributed by atoms with Crippen molar-refractivity contribution in [3.05, 3.63) is 84.5 Å². The van der Waals surface area contributed by atoms with Gasteiger partial charge in [-0.1, -0.05) is 36.9 Å². The molecule has 1 unspecified atom stereocenters. The molecule has 1 aromatic heterocycles. The fraction of sp³-hybridized carbons (Fsp3) is 0.320. The molecule has 1 aromatic carbocycles. The SMILES string of the molecule is C=C(NCc1cc2cc(Cl)ccc2[nH]1)NC1CCCN(C)C1.C=CC/C(C=C)=C/N=C. The van der Waals surface area contributed by atoms with Crippen molar-refractivity contribution in [2.45, 2.75) is 31.8 Å². The zero-order chi connectivity index (χ0) is 22.6. The van der Waals surface area contributed by atoms with E-state index in [9.17, 15) is 0 Å². The number of allylic oxidation sites excluding steroid dienone is 3. The first-order chi connectivity index (χ1) is 14.9. The van der Waals surface area contributed by atoms with Crippen LogP contribution in [-0.2, 0) is 6.54 Å². The summed E-state index contributed by atoms with van der Waals surface area (Å²) in [6.07, 6.45) is 8.48. The molecule has 0 aliphatic carbocycles. The number of piperidine rings is 1. The van der Waals surface area contributed by atoms with E-state index >= 15 is 0 Å². The number of likely N-dealkylation sites (tertiary alicyclic amines) is 1. The van der Waals surface area contributed by atoms with Crippen molar-refractivity contribution in [2.24, 2.45) is 4.99 Å². The number of nitrogens with zero attached hydrogens (tertiary/aromatic N) is 2. The number of likely N-dealkylation sites (N-methyl/N-ethyl adjacent to an activating group) is 1. The predicted molar refractivity (Wildman–Crippen MR) is 136 cm³/mol. The fourth-order valence-electron chi connectivity index (χ4n) is 3.52. The third kappa shape index (κ3) is 8.48. The Bertz CT molecular complexity index is 927. The lowest BCUT2D eigenvalue weighted by molar-refractivity contribution is 0.233. The predicted octanol–water partition coefficient (Wildman–Crippen LogP) is 5.40. The Labute approximate surface area is 191 Å². The first-order valence-corrected chi connectivity index (χ1v) is 10.9. The molecule has 0 bridgehead atoms. The van der Waals surface area contributed by atoms with E-state index in [4.69, 9.17) is 11.6 Å². The molecule has 0 spiro atoms. The molecule has 1 aliphatic heterocycles. The molecule has 0 saturated carbocycles. The highest BCUT2D eigenvalue weighted by Crippen LogP contribution is 2.20. The van der Waals surface area contributed by atoms with E-state index in [0.717, 1.165) is 52.5 Å². The number of nitrogens with one attached hydrogen (secondary N) is 3. The zero-order valence-electron chi connectivity index (χ0n) is 18.5. The molecule has 1 fully saturated rings. The van der Waals surface area contributed by atoms with Gasteiger partial charge in [-0.25, -0.2) is 0 Å². The molecular formula is C25H34ClN5. The highest BCUT2D eigenvalue weighted by Gasteiger charge is 2.16. The minimum absolute atomic E-state index is 0.486. The Kier molecular flexibility index (Phi) is 10.1. The van der Waals surface area contributed by atoms with Crippen molar-refractivity contribution in [3.63, 3.8) is 0 Å². The van der Waals surface area contributed by atoms with E-state index < -0.39 is 0 Å². The van der Waals surface area contributed by atoms with Crippen LogP contribution in [0.3, 0.4) is 0 Å². The molecule has 166 valence electrons. The number of halogens is 1. The van der Waals surface area contributed by atoms with E-state index in [1.807, 2.05) is 18.2 Å². The van der Waals surface area contributed by atoms with Crippen LogP contribution < -0.4 is 10.6 Å². The van der Waals surface area contributed by atoms with Crippen LogP contribution in [-0.4, -0.2) is 42.8 Å². The smallest absolute Gasteiger partial charge is 0.0918 e. The summed E-state index contributed by atoms with van der Waals surface area (Å²) in [5.74, 6) is 0.886. The minimum atomic E-state index is 0.486. The maximum Gasteiger partial charge on any atom is 0.0918 e. The normalized spacial score (nSPS) is 16.7. The maximum absolute atomic E-state index is 6.02. The van der Waals surface area contributed by atoms with Crippen molar-refractivity contribution >= 4 is 29.2 Å². The number of fused-ring (bicyclic) bond motifs is 1. The minimum Gasteiger partial charge on any atom is -0.368 e. The van der Waals surface area contributed by atoms with Crippen LogP contribution >= 0.6 is 11.6 Å². The highest BCUT2D eigenvalue weighted by atomic mass is 35.5. The van der Waals surface area contributed by atoms with Crippen LogP contribution in [0.5, 0.6) is 0 Å². The van der Waals surface area contributed by atoms with E-state index in [1.165, 1.54) is 19.4 Å². The van der Waals surface area contributed by atoms with Crippen LogP contribution in [0, 0.1) is 0 Å². The largest absolute Gasteiger partial charge is 0.368 e. The van der Waals surface area contributed by atoms with E-state index in [0.29, 0.717) is 6.04 Å². The Morgan fingerprint density at radius 2 is 2.16 bits per heavy atom. The molecule has 1 atom stereocenters. The highest BCUT2D eigenvalue weighted by molar-refractivity contribution is 6.31. The number of H-pyrrole nitrogens is 1. The van der Waals surface area contributed by atoms with Gasteiger partial charge in [0, 0.05) is 40.4 Å². The molecule has 5 nitrogen and oxygen atoms in total. The van der Waals surface area contributed by atoms with Crippen LogP contribution in [0.1, 0.15) is 25.0 Å². The summed E-state index contributed by atoms with van der Waals surface area (Å²) in [4.78, 5) is 9.34. The van der Waals surface area contributed by atoms with Gasteiger partial charge in [0.15, 0.2) is 0 Å². The molecule has 0 amide bonds. The first-order valence-electron chi connectivity index (χ1n) is 10.5. The quantitative estimate of drug-likeness (QED) is 0.278. The second kappa shape index (κ2) is 12.8. The second-order valence-corrected chi connectivity index (χ2v) is 8.12. The lowest BCUT2D eigenvalue weighted by Gasteiger charge is -2.31. The summed E-state index contributed by atoms with van der Waals surface area (Å²) in [5.41, 5.74) is 3.27. The third-order valence-electron chi connectivity index (χ3n) is 5.03. The van der Waals surface area contributed by atoms with Gasteiger partial charge in [-0.2, -0.15) is 0 Å². The summed E-state index contributed by atoms with van der Waals surface area (Å²) in [5, 5.41) is 8.73. The molecule has 0 radical (unpaired) electrons. The molecule has 6 heteroatoms. The Morgan fingerprint density at radius 1 is 1.35 bits per heavy atom. The van der Waals surface area contributed by atoms with Gasteiger partial charge in [-0.3, -0.25) is 4.99 Å². The van der Waals surface area contributed by atoms with Gasteiger partial charge in [0.25, 0.3) is 0 Å². The topological polar surface area (TPSA) is 55.5 Å². The molecular weight excluding hydrogens is 406 g/mol. The van der Waals surface area contributed by atoms with E-state index in [1.54, 1.807) is 18.4 Å². The van der Waals surface area contributed by atoms with Crippen LogP contribution in [0.4, 0.5) is 0 Å². The number of rotatable bonds is 9. The first kappa shape index (κ1) is 24.5. The standard InChI is InChI=1S/C17H23ClN4.C8H11N/c1-12(20-15-4-3-7-22(2)11-15)19-10-16-9-13-8-14(18)5-6-17(13)21-16;1-4-6-8(5-2)7-9-3/h5-6,8-9,15,19-21H,1,3-4,7,10-11H2,2H3;4-5,7H,1-3,6H2/b;8-7+. The maximum atomic E-state index is 6.02. The number of hydrogen-bond acceptors (Lipinski definition) is 4. The van der Waals surface area contributed by atoms with Gasteiger partial charge in [0.2, 0.25) is 0 Å². The average Bonchev–Trinajstić information content (AvgIpc) is 3.14. The van der Waals surface area contributed by atoms with E-state index in [-0.39, 0.29) is 0 Å². The Morgan fingerprint density at radius 3 is 2.84 bits per heavy atom. The van der Waals surface area contributed by atoms with Crippen LogP contribution in [0.2, 0.25) is 5.02 Å². The summed E-state index contributed by atoms with van der Waals surface area (Å²) in [6, 6.07) is 8.49. The summed E-state index contributed by atoms with van der Waals surface area (Å²) in [7, 11) is 2.17. The van der Waals surface area contributed by atoms with Gasteiger partial charge in [0.05, 0.1) is 12.4 Å². The number of benzene rings is 1. The summed E-state index contributed by atoms with van der Waals surface area (Å²) >= 11 is 6.02. The average molecular weight is 440 g/mol. The molecule has 2 aromatic rings. The molecule has 1 aliphatic rings. The van der Waals surface area contributed by atoms with Crippen molar-refractivity contribution in [3.8, 4) is 0 Å². The van der Waals surface area contributed by atoms with Gasteiger partial charge < -0.3 is 20.5 Å². The molecule has 3 N–H and O–H groups in total. The molecule has 31 heavy (non-hydrogen) atoms. The number of aromatic nitrogens is 1. The van der Waals surface area contributed by atoms with Crippen molar-refractivity contribution in [1.29, 1.82) is 0 Å². The number of aliphatic imine (C=N–C) groups is 1. The summed E-state index contributed by atoms with van der Waals surface area (Å²) < 4.78 is 0. The van der Waals surface area contributed by atoms with Crippen LogP contribution in [0.15, 0.2) is 78.7 Å². The van der Waals surface area contributed by atoms with Crippen molar-refractivity contribution in [1.82, 2.24) is 20.5 Å². The molecule has 2 heterocycles. The lowest BCUT2D eigenvalue weighted by Crippen LogP contribution is -2.45. The fourth-order valence-corrected chi connectivity index (χ4v) is 3.70.